The van der Waals surface area contributed by atoms with Crippen LogP contribution in [0.15, 0.2) is 42.5 Å². The van der Waals surface area contributed by atoms with Crippen LogP contribution in [0.3, 0.4) is 0 Å². The second kappa shape index (κ2) is 10.2. The van der Waals surface area contributed by atoms with Gasteiger partial charge in [0.05, 0.1) is 6.10 Å². The highest BCUT2D eigenvalue weighted by atomic mass is 16.5. The fourth-order valence-electron chi connectivity index (χ4n) is 3.53. The Hall–Kier alpha value is -2.49. The van der Waals surface area contributed by atoms with E-state index in [9.17, 15) is 4.79 Å². The number of carbonyl (C=O) groups is 1. The molecule has 2 aromatic carbocycles. The first kappa shape index (κ1) is 20.2. The number of rotatable bonds is 9. The second-order valence-corrected chi connectivity index (χ2v) is 7.69. The van der Waals surface area contributed by atoms with E-state index in [2.05, 4.69) is 29.6 Å². The van der Waals surface area contributed by atoms with Gasteiger partial charge in [0.15, 0.2) is 6.61 Å². The van der Waals surface area contributed by atoms with Crippen molar-refractivity contribution in [2.75, 3.05) is 13.2 Å². The van der Waals surface area contributed by atoms with Gasteiger partial charge >= 0.3 is 0 Å². The van der Waals surface area contributed by atoms with Crippen molar-refractivity contribution in [1.82, 2.24) is 5.32 Å². The highest BCUT2D eigenvalue weighted by molar-refractivity contribution is 5.77. The van der Waals surface area contributed by atoms with Crippen molar-refractivity contribution >= 4 is 5.91 Å². The minimum Gasteiger partial charge on any atom is -0.491 e. The van der Waals surface area contributed by atoms with Crippen molar-refractivity contribution < 1.29 is 14.3 Å². The maximum absolute atomic E-state index is 12.0. The topological polar surface area (TPSA) is 47.6 Å². The van der Waals surface area contributed by atoms with E-state index in [4.69, 9.17) is 9.47 Å². The third kappa shape index (κ3) is 6.29. The number of ether oxygens (including phenoxy) is 2. The maximum atomic E-state index is 12.0. The van der Waals surface area contributed by atoms with Gasteiger partial charge in [-0.3, -0.25) is 4.79 Å². The van der Waals surface area contributed by atoms with Gasteiger partial charge in [0.2, 0.25) is 0 Å². The molecule has 0 unspecified atom stereocenters. The molecule has 1 aliphatic rings. The van der Waals surface area contributed by atoms with Crippen molar-refractivity contribution in [2.24, 2.45) is 0 Å². The quantitative estimate of drug-likeness (QED) is 0.652. The van der Waals surface area contributed by atoms with E-state index in [-0.39, 0.29) is 18.6 Å². The molecule has 0 heterocycles. The lowest BCUT2D eigenvalue weighted by atomic mass is 9.92. The van der Waals surface area contributed by atoms with Gasteiger partial charge < -0.3 is 14.8 Å². The second-order valence-electron chi connectivity index (χ2n) is 7.69. The molecule has 3 rings (SSSR count). The molecule has 0 aromatic heterocycles. The summed E-state index contributed by atoms with van der Waals surface area (Å²) >= 11 is 0. The van der Waals surface area contributed by atoms with E-state index < -0.39 is 0 Å². The SMILES string of the molecule is CC(C)Oc1ccc(CCCNC(=O)COc2ccc3c(c2)CCCC3)cc1. The van der Waals surface area contributed by atoms with Crippen molar-refractivity contribution in [3.05, 3.63) is 59.2 Å². The highest BCUT2D eigenvalue weighted by Gasteiger charge is 2.10. The van der Waals surface area contributed by atoms with Crippen LogP contribution in [-0.2, 0) is 24.1 Å². The molecule has 0 saturated heterocycles. The maximum Gasteiger partial charge on any atom is 0.257 e. The molecule has 1 N–H and O–H groups in total. The van der Waals surface area contributed by atoms with Crippen LogP contribution in [0.25, 0.3) is 0 Å². The van der Waals surface area contributed by atoms with Crippen LogP contribution in [0.2, 0.25) is 0 Å². The Labute approximate surface area is 168 Å². The zero-order chi connectivity index (χ0) is 19.8. The smallest absolute Gasteiger partial charge is 0.257 e. The van der Waals surface area contributed by atoms with Gasteiger partial charge in [-0.1, -0.05) is 18.2 Å². The fourth-order valence-corrected chi connectivity index (χ4v) is 3.53. The van der Waals surface area contributed by atoms with Gasteiger partial charge in [0.25, 0.3) is 5.91 Å². The molecule has 0 aliphatic heterocycles. The minimum absolute atomic E-state index is 0.0695. The zero-order valence-electron chi connectivity index (χ0n) is 17.0. The molecule has 4 nitrogen and oxygen atoms in total. The molecule has 0 radical (unpaired) electrons. The van der Waals surface area contributed by atoms with Gasteiger partial charge in [-0.05, 0) is 93.3 Å². The molecule has 1 amide bonds. The van der Waals surface area contributed by atoms with Crippen molar-refractivity contribution in [3.8, 4) is 11.5 Å². The highest BCUT2D eigenvalue weighted by Crippen LogP contribution is 2.25. The summed E-state index contributed by atoms with van der Waals surface area (Å²) in [6, 6.07) is 14.4. The summed E-state index contributed by atoms with van der Waals surface area (Å²) in [4.78, 5) is 12.0. The molecule has 0 fully saturated rings. The van der Waals surface area contributed by atoms with Gasteiger partial charge in [0.1, 0.15) is 11.5 Å². The Morgan fingerprint density at radius 2 is 1.71 bits per heavy atom. The molecule has 1 aliphatic carbocycles. The van der Waals surface area contributed by atoms with Crippen LogP contribution in [0, 0.1) is 0 Å². The fraction of sp³-hybridized carbons (Fsp3) is 0.458. The summed E-state index contributed by atoms with van der Waals surface area (Å²) in [5, 5.41) is 2.93. The van der Waals surface area contributed by atoms with Crippen LogP contribution < -0.4 is 14.8 Å². The van der Waals surface area contributed by atoms with Gasteiger partial charge in [-0.15, -0.1) is 0 Å². The first-order valence-electron chi connectivity index (χ1n) is 10.4. The number of carbonyl (C=O) groups excluding carboxylic acids is 1. The Bertz CT molecular complexity index is 768. The predicted octanol–water partition coefficient (Wildman–Crippen LogP) is 4.48. The molecule has 0 saturated carbocycles. The van der Waals surface area contributed by atoms with E-state index in [0.717, 1.165) is 37.2 Å². The Morgan fingerprint density at radius 1 is 1.00 bits per heavy atom. The molecule has 150 valence electrons. The monoisotopic (exact) mass is 381 g/mol. The van der Waals surface area contributed by atoms with E-state index in [1.165, 1.54) is 29.5 Å². The minimum atomic E-state index is -0.0709. The van der Waals surface area contributed by atoms with E-state index >= 15 is 0 Å². The normalized spacial score (nSPS) is 13.1. The summed E-state index contributed by atoms with van der Waals surface area (Å²) in [7, 11) is 0. The summed E-state index contributed by atoms with van der Waals surface area (Å²) in [6.07, 6.45) is 6.79. The van der Waals surface area contributed by atoms with Crippen LogP contribution >= 0.6 is 0 Å². The van der Waals surface area contributed by atoms with E-state index in [1.54, 1.807) is 0 Å². The van der Waals surface area contributed by atoms with Crippen molar-refractivity contribution in [3.63, 3.8) is 0 Å². The first-order valence-corrected chi connectivity index (χ1v) is 10.4. The molecule has 0 atom stereocenters. The molecular formula is C24H31NO3. The Kier molecular flexibility index (Phi) is 7.35. The molecule has 0 spiro atoms. The van der Waals surface area contributed by atoms with Crippen LogP contribution in [0.1, 0.15) is 49.8 Å². The summed E-state index contributed by atoms with van der Waals surface area (Å²) in [5.41, 5.74) is 4.04. The van der Waals surface area contributed by atoms with Gasteiger partial charge in [-0.2, -0.15) is 0 Å². The molecular weight excluding hydrogens is 350 g/mol. The number of benzene rings is 2. The number of nitrogens with one attached hydrogen (secondary N) is 1. The Balaban J connectivity index is 1.33. The number of hydrogen-bond acceptors (Lipinski definition) is 3. The third-order valence-electron chi connectivity index (χ3n) is 4.95. The van der Waals surface area contributed by atoms with Crippen molar-refractivity contribution in [2.45, 2.75) is 58.5 Å². The number of amides is 1. The summed E-state index contributed by atoms with van der Waals surface area (Å²) in [6.45, 7) is 4.76. The molecule has 0 bridgehead atoms. The Morgan fingerprint density at radius 3 is 2.46 bits per heavy atom. The van der Waals surface area contributed by atoms with Gasteiger partial charge in [-0.25, -0.2) is 0 Å². The van der Waals surface area contributed by atoms with Gasteiger partial charge in [0, 0.05) is 6.54 Å². The summed E-state index contributed by atoms with van der Waals surface area (Å²) < 4.78 is 11.3. The predicted molar refractivity (Wildman–Crippen MR) is 112 cm³/mol. The number of hydrogen-bond donors (Lipinski definition) is 1. The molecule has 28 heavy (non-hydrogen) atoms. The van der Waals surface area contributed by atoms with Crippen LogP contribution in [-0.4, -0.2) is 25.2 Å². The number of fused-ring (bicyclic) bond motifs is 1. The lowest BCUT2D eigenvalue weighted by molar-refractivity contribution is -0.123. The lowest BCUT2D eigenvalue weighted by Gasteiger charge is -2.16. The van der Waals surface area contributed by atoms with E-state index in [0.29, 0.717) is 6.54 Å². The average molecular weight is 382 g/mol. The first-order chi connectivity index (χ1) is 13.6. The largest absolute Gasteiger partial charge is 0.491 e. The van der Waals surface area contributed by atoms with Crippen molar-refractivity contribution in [1.29, 1.82) is 0 Å². The average Bonchev–Trinajstić information content (AvgIpc) is 2.70. The van der Waals surface area contributed by atoms with Crippen LogP contribution in [0.5, 0.6) is 11.5 Å². The standard InChI is InChI=1S/C24H31NO3/c1-18(2)28-22-12-9-19(10-13-22)6-5-15-25-24(26)17-27-23-14-11-20-7-3-4-8-21(20)16-23/h9-14,16,18H,3-8,15,17H2,1-2H3,(H,25,26). The molecule has 4 heteroatoms. The van der Waals surface area contributed by atoms with Crippen LogP contribution in [0.4, 0.5) is 0 Å². The third-order valence-corrected chi connectivity index (χ3v) is 4.95. The lowest BCUT2D eigenvalue weighted by Crippen LogP contribution is -2.29. The number of aryl methyl sites for hydroxylation is 3. The molecule has 2 aromatic rings. The van der Waals surface area contributed by atoms with E-state index in [1.807, 2.05) is 32.0 Å². The zero-order valence-corrected chi connectivity index (χ0v) is 17.0. The summed E-state index contributed by atoms with van der Waals surface area (Å²) in [5.74, 6) is 1.62.